The van der Waals surface area contributed by atoms with E-state index in [4.69, 9.17) is 10.5 Å². The van der Waals surface area contributed by atoms with Gasteiger partial charge in [-0.1, -0.05) is 37.8 Å². The number of nitriles is 2. The molecule has 1 fully saturated rings. The molecule has 2 aliphatic rings. The van der Waals surface area contributed by atoms with Gasteiger partial charge in [0.15, 0.2) is 0 Å². The maximum Gasteiger partial charge on any atom is 0.132 e. The van der Waals surface area contributed by atoms with Crippen LogP contribution in [0.25, 0.3) is 0 Å². The molecule has 0 amide bonds. The van der Waals surface area contributed by atoms with Crippen LogP contribution in [0.5, 0.6) is 0 Å². The monoisotopic (exact) mass is 254 g/mol. The minimum absolute atomic E-state index is 0.319. The number of allylic oxidation sites excluding steroid dienone is 4. The molecule has 0 aromatic heterocycles. The molecule has 0 heterocycles. The molecule has 0 radical (unpaired) electrons. The van der Waals surface area contributed by atoms with Gasteiger partial charge < -0.3 is 0 Å². The maximum absolute atomic E-state index is 8.95. The summed E-state index contributed by atoms with van der Waals surface area (Å²) in [5, 5.41) is 17.9. The average Bonchev–Trinajstić information content (AvgIpc) is 2.46. The lowest BCUT2D eigenvalue weighted by Gasteiger charge is -2.34. The van der Waals surface area contributed by atoms with Crippen LogP contribution in [0.1, 0.15) is 58.3 Å². The van der Waals surface area contributed by atoms with Crippen LogP contribution in [0.2, 0.25) is 0 Å². The Labute approximate surface area is 116 Å². The third-order valence-electron chi connectivity index (χ3n) is 4.62. The first-order chi connectivity index (χ1) is 9.28. The summed E-state index contributed by atoms with van der Waals surface area (Å²) in [5.41, 5.74) is 2.79. The lowest BCUT2D eigenvalue weighted by atomic mass is 9.71. The van der Waals surface area contributed by atoms with Crippen molar-refractivity contribution in [2.45, 2.75) is 58.3 Å². The normalized spacial score (nSPS) is 25.8. The lowest BCUT2D eigenvalue weighted by Crippen LogP contribution is -2.21. The van der Waals surface area contributed by atoms with Crippen molar-refractivity contribution in [1.29, 1.82) is 10.5 Å². The largest absolute Gasteiger partial charge is 0.192 e. The van der Waals surface area contributed by atoms with Crippen LogP contribution in [0.15, 0.2) is 22.8 Å². The zero-order valence-corrected chi connectivity index (χ0v) is 11.8. The van der Waals surface area contributed by atoms with E-state index in [-0.39, 0.29) is 0 Å². The smallest absolute Gasteiger partial charge is 0.132 e. The van der Waals surface area contributed by atoms with Gasteiger partial charge in [-0.2, -0.15) is 10.5 Å². The highest BCUT2D eigenvalue weighted by Gasteiger charge is 2.28. The molecule has 0 aromatic carbocycles. The van der Waals surface area contributed by atoms with Crippen LogP contribution >= 0.6 is 0 Å². The molecule has 2 aliphatic carbocycles. The van der Waals surface area contributed by atoms with Crippen LogP contribution in [-0.2, 0) is 0 Å². The summed E-state index contributed by atoms with van der Waals surface area (Å²) in [6.45, 7) is 2.26. The molecule has 0 aliphatic heterocycles. The van der Waals surface area contributed by atoms with Crippen molar-refractivity contribution >= 4 is 0 Å². The minimum atomic E-state index is 0.319. The minimum Gasteiger partial charge on any atom is -0.192 e. The molecule has 19 heavy (non-hydrogen) atoms. The van der Waals surface area contributed by atoms with Gasteiger partial charge in [-0.25, -0.2) is 0 Å². The molecular weight excluding hydrogens is 232 g/mol. The molecule has 0 aromatic rings. The Morgan fingerprint density at radius 3 is 2.74 bits per heavy atom. The molecule has 2 atom stereocenters. The number of nitrogens with zero attached hydrogens (tertiary/aromatic N) is 2. The average molecular weight is 254 g/mol. The van der Waals surface area contributed by atoms with Crippen LogP contribution in [0.4, 0.5) is 0 Å². The number of fused-ring (bicyclic) bond motifs is 1. The topological polar surface area (TPSA) is 47.6 Å². The highest BCUT2D eigenvalue weighted by molar-refractivity contribution is 5.47. The van der Waals surface area contributed by atoms with E-state index in [1.165, 1.54) is 44.1 Å². The summed E-state index contributed by atoms with van der Waals surface area (Å²) in [6.07, 6.45) is 12.0. The highest BCUT2D eigenvalue weighted by Crippen LogP contribution is 2.42. The van der Waals surface area contributed by atoms with E-state index in [0.29, 0.717) is 5.57 Å². The molecule has 0 saturated heterocycles. The van der Waals surface area contributed by atoms with Gasteiger partial charge in [-0.15, -0.1) is 0 Å². The Balaban J connectivity index is 2.06. The third kappa shape index (κ3) is 3.27. The Kier molecular flexibility index (Phi) is 4.80. The summed E-state index contributed by atoms with van der Waals surface area (Å²) in [4.78, 5) is 0. The molecule has 100 valence electrons. The van der Waals surface area contributed by atoms with Crippen molar-refractivity contribution < 1.29 is 0 Å². The summed E-state index contributed by atoms with van der Waals surface area (Å²) >= 11 is 0. The van der Waals surface area contributed by atoms with Crippen molar-refractivity contribution in [2.24, 2.45) is 11.8 Å². The molecule has 2 unspecified atom stereocenters. The predicted molar refractivity (Wildman–Crippen MR) is 75.9 cm³/mol. The standard InChI is InChI=1S/C17H22N2/c1-2-3-4-13-5-6-15-10-16(17(11-18)12-19)8-7-14(15)9-13/h10,13-14H,2-9H2,1H3. The summed E-state index contributed by atoms with van der Waals surface area (Å²) in [6, 6.07) is 4.06. The molecule has 2 heteroatoms. The van der Waals surface area contributed by atoms with Gasteiger partial charge in [-0.3, -0.25) is 0 Å². The van der Waals surface area contributed by atoms with Gasteiger partial charge in [0.1, 0.15) is 17.7 Å². The molecule has 0 N–H and O–H groups in total. The van der Waals surface area contributed by atoms with Crippen molar-refractivity contribution in [2.75, 3.05) is 0 Å². The molecule has 0 bridgehead atoms. The zero-order valence-electron chi connectivity index (χ0n) is 11.8. The lowest BCUT2D eigenvalue weighted by molar-refractivity contribution is 0.293. The fraction of sp³-hybridized carbons (Fsp3) is 0.647. The van der Waals surface area contributed by atoms with Crippen molar-refractivity contribution in [1.82, 2.24) is 0 Å². The number of rotatable bonds is 3. The quantitative estimate of drug-likeness (QED) is 0.688. The number of hydrogen-bond donors (Lipinski definition) is 0. The van der Waals surface area contributed by atoms with E-state index in [1.54, 1.807) is 0 Å². The predicted octanol–water partition coefficient (Wildman–Crippen LogP) is 4.66. The van der Waals surface area contributed by atoms with E-state index in [9.17, 15) is 0 Å². The number of hydrogen-bond acceptors (Lipinski definition) is 2. The van der Waals surface area contributed by atoms with Crippen molar-refractivity contribution in [3.63, 3.8) is 0 Å². The first-order valence-electron chi connectivity index (χ1n) is 7.52. The van der Waals surface area contributed by atoms with Crippen LogP contribution in [0.3, 0.4) is 0 Å². The Morgan fingerprint density at radius 2 is 2.05 bits per heavy atom. The third-order valence-corrected chi connectivity index (χ3v) is 4.62. The fourth-order valence-corrected chi connectivity index (χ4v) is 3.49. The van der Waals surface area contributed by atoms with Gasteiger partial charge in [0.05, 0.1) is 0 Å². The molecular formula is C17H22N2. The first-order valence-corrected chi connectivity index (χ1v) is 7.52. The molecule has 2 rings (SSSR count). The van der Waals surface area contributed by atoms with Gasteiger partial charge in [-0.05, 0) is 49.5 Å². The van der Waals surface area contributed by atoms with Gasteiger partial charge in [0.2, 0.25) is 0 Å². The van der Waals surface area contributed by atoms with Crippen LogP contribution < -0.4 is 0 Å². The van der Waals surface area contributed by atoms with Gasteiger partial charge >= 0.3 is 0 Å². The second kappa shape index (κ2) is 6.58. The zero-order chi connectivity index (χ0) is 13.7. The van der Waals surface area contributed by atoms with E-state index in [0.717, 1.165) is 30.3 Å². The molecule has 2 nitrogen and oxygen atoms in total. The van der Waals surface area contributed by atoms with E-state index >= 15 is 0 Å². The van der Waals surface area contributed by atoms with Crippen molar-refractivity contribution in [3.8, 4) is 12.1 Å². The number of unbranched alkanes of at least 4 members (excludes halogenated alkanes) is 1. The second-order valence-corrected chi connectivity index (χ2v) is 5.86. The van der Waals surface area contributed by atoms with E-state index < -0.39 is 0 Å². The summed E-state index contributed by atoms with van der Waals surface area (Å²) < 4.78 is 0. The van der Waals surface area contributed by atoms with Gasteiger partial charge in [0, 0.05) is 0 Å². The van der Waals surface area contributed by atoms with Crippen LogP contribution in [-0.4, -0.2) is 0 Å². The maximum atomic E-state index is 8.95. The van der Waals surface area contributed by atoms with Crippen LogP contribution in [0, 0.1) is 34.5 Å². The highest BCUT2D eigenvalue weighted by atomic mass is 14.3. The molecule has 0 spiro atoms. The second-order valence-electron chi connectivity index (χ2n) is 5.86. The Hall–Kier alpha value is -1.54. The van der Waals surface area contributed by atoms with E-state index in [2.05, 4.69) is 13.0 Å². The summed E-state index contributed by atoms with van der Waals surface area (Å²) in [7, 11) is 0. The van der Waals surface area contributed by atoms with Crippen molar-refractivity contribution in [3.05, 3.63) is 22.8 Å². The fourth-order valence-electron chi connectivity index (χ4n) is 3.49. The first kappa shape index (κ1) is 13.9. The van der Waals surface area contributed by atoms with E-state index in [1.807, 2.05) is 12.1 Å². The molecule has 1 saturated carbocycles. The SMILES string of the molecule is CCCCC1CCC2=CC(=C(C#N)C#N)CCC2C1. The Bertz CT molecular complexity index is 454. The summed E-state index contributed by atoms with van der Waals surface area (Å²) in [5.74, 6) is 1.62. The van der Waals surface area contributed by atoms with Gasteiger partial charge in [0.25, 0.3) is 0 Å². The Morgan fingerprint density at radius 1 is 1.26 bits per heavy atom.